The molecule has 0 aliphatic heterocycles. The summed E-state index contributed by atoms with van der Waals surface area (Å²) in [5.41, 5.74) is 2.67. The summed E-state index contributed by atoms with van der Waals surface area (Å²) in [6.45, 7) is 2.15. The maximum atomic E-state index is 5.51. The molecule has 8 heteroatoms. The fourth-order valence-corrected chi connectivity index (χ4v) is 3.30. The van der Waals surface area contributed by atoms with Crippen LogP contribution in [0.15, 0.2) is 41.3 Å². The molecule has 1 aliphatic carbocycles. The summed E-state index contributed by atoms with van der Waals surface area (Å²) in [5, 5.41) is 13.9. The average molecular weight is 331 g/mol. The summed E-state index contributed by atoms with van der Waals surface area (Å²) >= 11 is 0. The zero-order chi connectivity index (χ0) is 16.6. The van der Waals surface area contributed by atoms with Gasteiger partial charge >= 0.3 is 0 Å². The van der Waals surface area contributed by atoms with E-state index >= 15 is 0 Å². The number of nitrogens with zero attached hydrogens (tertiary/aromatic N) is 7. The van der Waals surface area contributed by atoms with E-state index in [-0.39, 0.29) is 5.41 Å². The first-order valence-electron chi connectivity index (χ1n) is 8.17. The van der Waals surface area contributed by atoms with Gasteiger partial charge in [0.1, 0.15) is 12.0 Å². The normalized spacial score (nSPS) is 16.2. The average Bonchev–Trinajstić information content (AvgIpc) is 3.12. The highest BCUT2D eigenvalue weighted by molar-refractivity contribution is 5.94. The topological polar surface area (TPSA) is 86.4 Å². The molecule has 25 heavy (non-hydrogen) atoms. The molecule has 0 radical (unpaired) electrons. The second-order valence-electron chi connectivity index (χ2n) is 6.81. The van der Waals surface area contributed by atoms with E-state index in [1.165, 1.54) is 0 Å². The van der Waals surface area contributed by atoms with Gasteiger partial charge in [-0.3, -0.25) is 8.80 Å². The first-order valence-corrected chi connectivity index (χ1v) is 8.17. The lowest BCUT2D eigenvalue weighted by Crippen LogP contribution is -2.02. The smallest absolute Gasteiger partial charge is 0.296 e. The Bertz CT molecular complexity index is 1270. The van der Waals surface area contributed by atoms with Gasteiger partial charge in [-0.15, -0.1) is 10.2 Å². The Morgan fingerprint density at radius 3 is 2.92 bits per heavy atom. The quantitative estimate of drug-likeness (QED) is 0.494. The molecule has 5 aromatic rings. The van der Waals surface area contributed by atoms with E-state index in [1.807, 2.05) is 33.1 Å². The maximum Gasteiger partial charge on any atom is 0.296 e. The standard InChI is InChI=1S/C17H13N7O/c1-17(6-7-17)16-19-15(25-22-16)14-21-20-13-10-4-2-3-5-11(10)23-9-18-8-12(23)24(13)14/h2-5,8-9H,6-7H2,1H3. The second-order valence-corrected chi connectivity index (χ2v) is 6.81. The van der Waals surface area contributed by atoms with Crippen molar-refractivity contribution in [3.63, 3.8) is 0 Å². The lowest BCUT2D eigenvalue weighted by Gasteiger charge is -2.05. The van der Waals surface area contributed by atoms with Crippen LogP contribution in [-0.2, 0) is 5.41 Å². The van der Waals surface area contributed by atoms with Crippen molar-refractivity contribution in [2.75, 3.05) is 0 Å². The molecule has 0 atom stereocenters. The molecule has 1 fully saturated rings. The molecular formula is C17H13N7O. The maximum absolute atomic E-state index is 5.51. The molecule has 8 nitrogen and oxygen atoms in total. The summed E-state index contributed by atoms with van der Waals surface area (Å²) in [6.07, 6.45) is 5.74. The Labute approximate surface area is 141 Å². The Hall–Kier alpha value is -3.29. The number of rotatable bonds is 2. The van der Waals surface area contributed by atoms with Crippen molar-refractivity contribution in [2.24, 2.45) is 0 Å². The summed E-state index contributed by atoms with van der Waals surface area (Å²) < 4.78 is 9.43. The minimum Gasteiger partial charge on any atom is -0.330 e. The number of hydrogen-bond acceptors (Lipinski definition) is 6. The molecule has 0 saturated heterocycles. The fraction of sp³-hybridized carbons (Fsp3) is 0.235. The zero-order valence-corrected chi connectivity index (χ0v) is 13.4. The Morgan fingerprint density at radius 1 is 1.16 bits per heavy atom. The van der Waals surface area contributed by atoms with Crippen LogP contribution < -0.4 is 0 Å². The summed E-state index contributed by atoms with van der Waals surface area (Å²) in [4.78, 5) is 8.87. The van der Waals surface area contributed by atoms with Crippen LogP contribution in [0.1, 0.15) is 25.6 Å². The number of imidazole rings is 1. The van der Waals surface area contributed by atoms with E-state index in [0.717, 1.165) is 40.9 Å². The van der Waals surface area contributed by atoms with E-state index in [9.17, 15) is 0 Å². The predicted molar refractivity (Wildman–Crippen MR) is 89.1 cm³/mol. The molecule has 0 amide bonds. The van der Waals surface area contributed by atoms with Gasteiger partial charge in [0.15, 0.2) is 11.5 Å². The van der Waals surface area contributed by atoms with Gasteiger partial charge in [-0.05, 0) is 25.0 Å². The minimum atomic E-state index is 0.0425. The van der Waals surface area contributed by atoms with E-state index in [2.05, 4.69) is 32.2 Å². The molecule has 0 N–H and O–H groups in total. The van der Waals surface area contributed by atoms with Crippen molar-refractivity contribution in [3.8, 4) is 11.7 Å². The highest BCUT2D eigenvalue weighted by atomic mass is 16.5. The largest absolute Gasteiger partial charge is 0.330 e. The molecule has 0 spiro atoms. The zero-order valence-electron chi connectivity index (χ0n) is 13.4. The van der Waals surface area contributed by atoms with E-state index in [4.69, 9.17) is 4.52 Å². The van der Waals surface area contributed by atoms with E-state index in [0.29, 0.717) is 11.7 Å². The van der Waals surface area contributed by atoms with E-state index < -0.39 is 0 Å². The van der Waals surface area contributed by atoms with Crippen LogP contribution >= 0.6 is 0 Å². The van der Waals surface area contributed by atoms with Gasteiger partial charge in [0.05, 0.1) is 11.7 Å². The van der Waals surface area contributed by atoms with Crippen LogP contribution in [-0.4, -0.2) is 34.1 Å². The second kappa shape index (κ2) is 4.21. The van der Waals surface area contributed by atoms with Crippen molar-refractivity contribution < 1.29 is 4.52 Å². The SMILES string of the molecule is CC1(c2noc(-c3nnc4c5ccccc5n5cncc5n34)n2)CC1. The van der Waals surface area contributed by atoms with Crippen molar-refractivity contribution in [3.05, 3.63) is 42.6 Å². The van der Waals surface area contributed by atoms with Crippen molar-refractivity contribution >= 4 is 22.2 Å². The highest BCUT2D eigenvalue weighted by Gasteiger charge is 2.44. The summed E-state index contributed by atoms with van der Waals surface area (Å²) in [7, 11) is 0. The molecule has 4 heterocycles. The van der Waals surface area contributed by atoms with Crippen molar-refractivity contribution in [2.45, 2.75) is 25.2 Å². The monoisotopic (exact) mass is 331 g/mol. The predicted octanol–water partition coefficient (Wildman–Crippen LogP) is 2.63. The number of aromatic nitrogens is 7. The van der Waals surface area contributed by atoms with Crippen molar-refractivity contribution in [1.29, 1.82) is 0 Å². The third-order valence-electron chi connectivity index (χ3n) is 5.07. The third kappa shape index (κ3) is 1.63. The van der Waals surface area contributed by atoms with Crippen LogP contribution in [0.3, 0.4) is 0 Å². The molecular weight excluding hydrogens is 318 g/mol. The number of para-hydroxylation sites is 1. The van der Waals surface area contributed by atoms with E-state index in [1.54, 1.807) is 12.5 Å². The lowest BCUT2D eigenvalue weighted by molar-refractivity contribution is 0.413. The Morgan fingerprint density at radius 2 is 2.04 bits per heavy atom. The van der Waals surface area contributed by atoms with Gasteiger partial charge < -0.3 is 4.52 Å². The van der Waals surface area contributed by atoms with Gasteiger partial charge in [0.2, 0.25) is 5.82 Å². The van der Waals surface area contributed by atoms with Gasteiger partial charge in [0.25, 0.3) is 5.89 Å². The summed E-state index contributed by atoms with van der Waals surface area (Å²) in [5.74, 6) is 1.66. The molecule has 1 aromatic carbocycles. The first kappa shape index (κ1) is 13.1. The van der Waals surface area contributed by atoms with Crippen LogP contribution in [0, 0.1) is 0 Å². The Kier molecular flexibility index (Phi) is 2.20. The molecule has 1 aliphatic rings. The first-order chi connectivity index (χ1) is 12.2. The van der Waals surface area contributed by atoms with Crippen LogP contribution in [0.2, 0.25) is 0 Å². The number of fused-ring (bicyclic) bond motifs is 6. The molecule has 1 saturated carbocycles. The number of hydrogen-bond donors (Lipinski definition) is 0. The Balaban J connectivity index is 1.70. The van der Waals surface area contributed by atoms with Crippen molar-refractivity contribution in [1.82, 2.24) is 34.1 Å². The van der Waals surface area contributed by atoms with Crippen LogP contribution in [0.5, 0.6) is 0 Å². The van der Waals surface area contributed by atoms with Gasteiger partial charge in [0, 0.05) is 10.8 Å². The molecule has 122 valence electrons. The molecule has 4 aromatic heterocycles. The minimum absolute atomic E-state index is 0.0425. The van der Waals surface area contributed by atoms with Gasteiger partial charge in [-0.1, -0.05) is 24.2 Å². The number of benzene rings is 1. The molecule has 0 unspecified atom stereocenters. The van der Waals surface area contributed by atoms with Gasteiger partial charge in [-0.25, -0.2) is 4.98 Å². The third-order valence-corrected chi connectivity index (χ3v) is 5.07. The fourth-order valence-electron chi connectivity index (χ4n) is 3.30. The molecule has 0 bridgehead atoms. The lowest BCUT2D eigenvalue weighted by atomic mass is 10.1. The van der Waals surface area contributed by atoms with Crippen LogP contribution in [0.4, 0.5) is 0 Å². The highest BCUT2D eigenvalue weighted by Crippen LogP contribution is 2.46. The molecule has 6 rings (SSSR count). The summed E-state index contributed by atoms with van der Waals surface area (Å²) in [6, 6.07) is 8.04. The van der Waals surface area contributed by atoms with Crippen LogP contribution in [0.25, 0.3) is 33.9 Å². The van der Waals surface area contributed by atoms with Gasteiger partial charge in [-0.2, -0.15) is 4.98 Å².